The minimum Gasteiger partial charge on any atom is -0.388 e. The van der Waals surface area contributed by atoms with Crippen molar-refractivity contribution in [3.63, 3.8) is 0 Å². The Morgan fingerprint density at radius 1 is 1.40 bits per heavy atom. The fraction of sp³-hybridized carbons (Fsp3) is 0.333. The number of hydrogen-bond donors (Lipinski definition) is 2. The molecule has 0 aliphatic rings. The van der Waals surface area contributed by atoms with Crippen LogP contribution in [0.1, 0.15) is 18.1 Å². The van der Waals surface area contributed by atoms with E-state index in [1.54, 1.807) is 0 Å². The number of nitrogens with one attached hydrogen (secondary N) is 1. The molecule has 0 bridgehead atoms. The lowest BCUT2D eigenvalue weighted by Crippen LogP contribution is -2.17. The summed E-state index contributed by atoms with van der Waals surface area (Å²) in [5.41, 5.74) is 0.957. The van der Waals surface area contributed by atoms with E-state index in [0.717, 1.165) is 29.5 Å². The summed E-state index contributed by atoms with van der Waals surface area (Å²) < 4.78 is 1.03. The van der Waals surface area contributed by atoms with Crippen LogP contribution < -0.4 is 5.32 Å². The molecule has 1 aromatic carbocycles. The molecule has 1 unspecified atom stereocenters. The normalized spacial score (nSPS) is 12.4. The van der Waals surface area contributed by atoms with E-state index in [1.807, 2.05) is 30.3 Å². The van der Waals surface area contributed by atoms with Crippen LogP contribution in [-0.4, -0.2) is 18.2 Å². The minimum absolute atomic E-state index is 0.393. The Hall–Kier alpha value is -0.640. The van der Waals surface area contributed by atoms with Gasteiger partial charge in [-0.25, -0.2) is 0 Å². The molecule has 1 atom stereocenters. The maximum atomic E-state index is 9.83. The van der Waals surface area contributed by atoms with E-state index in [1.165, 1.54) is 0 Å². The molecule has 0 saturated heterocycles. The Balaban J connectivity index is 2.36. The van der Waals surface area contributed by atoms with Crippen LogP contribution >= 0.6 is 15.9 Å². The Labute approximate surface area is 99.1 Å². The molecule has 15 heavy (non-hydrogen) atoms. The second-order valence-electron chi connectivity index (χ2n) is 3.35. The maximum absolute atomic E-state index is 9.83. The first-order valence-electron chi connectivity index (χ1n) is 4.99. The molecule has 0 spiro atoms. The summed E-state index contributed by atoms with van der Waals surface area (Å²) in [4.78, 5) is 0. The Morgan fingerprint density at radius 3 is 2.67 bits per heavy atom. The Bertz CT molecular complexity index is 297. The minimum atomic E-state index is -0.393. The van der Waals surface area contributed by atoms with Gasteiger partial charge in [-0.1, -0.05) is 34.1 Å². The molecule has 3 heteroatoms. The van der Waals surface area contributed by atoms with Crippen molar-refractivity contribution in [2.75, 3.05) is 13.1 Å². The van der Waals surface area contributed by atoms with Crippen LogP contribution in [0.3, 0.4) is 0 Å². The second kappa shape index (κ2) is 6.77. The van der Waals surface area contributed by atoms with Crippen LogP contribution in [0.2, 0.25) is 0 Å². The third-order valence-electron chi connectivity index (χ3n) is 2.14. The van der Waals surface area contributed by atoms with Gasteiger partial charge >= 0.3 is 0 Å². The Kier molecular flexibility index (Phi) is 5.61. The number of halogens is 1. The van der Waals surface area contributed by atoms with E-state index >= 15 is 0 Å². The van der Waals surface area contributed by atoms with Crippen molar-refractivity contribution in [2.45, 2.75) is 12.5 Å². The molecule has 2 nitrogen and oxygen atoms in total. The monoisotopic (exact) mass is 269 g/mol. The van der Waals surface area contributed by atoms with Crippen LogP contribution in [0, 0.1) is 0 Å². The van der Waals surface area contributed by atoms with Crippen molar-refractivity contribution in [3.8, 4) is 0 Å². The first kappa shape index (κ1) is 12.4. The number of rotatable bonds is 6. The van der Waals surface area contributed by atoms with Crippen molar-refractivity contribution in [1.82, 2.24) is 5.32 Å². The second-order valence-corrected chi connectivity index (χ2v) is 4.26. The van der Waals surface area contributed by atoms with Crippen molar-refractivity contribution in [3.05, 3.63) is 47.0 Å². The number of aliphatic hydroxyl groups excluding tert-OH is 1. The Morgan fingerprint density at radius 2 is 2.07 bits per heavy atom. The zero-order valence-electron chi connectivity index (χ0n) is 8.62. The SMILES string of the molecule is C=CCNCCC(O)c1ccc(Br)cc1. The van der Waals surface area contributed by atoms with Gasteiger partial charge in [0.15, 0.2) is 0 Å². The molecule has 82 valence electrons. The van der Waals surface area contributed by atoms with Gasteiger partial charge in [0.25, 0.3) is 0 Å². The van der Waals surface area contributed by atoms with Gasteiger partial charge in [0.1, 0.15) is 0 Å². The largest absolute Gasteiger partial charge is 0.388 e. The zero-order valence-corrected chi connectivity index (χ0v) is 10.2. The molecule has 2 N–H and O–H groups in total. The average Bonchev–Trinajstić information content (AvgIpc) is 2.25. The molecule has 0 aliphatic carbocycles. The van der Waals surface area contributed by atoms with E-state index in [9.17, 15) is 5.11 Å². The fourth-order valence-corrected chi connectivity index (χ4v) is 1.56. The molecule has 0 heterocycles. The summed E-state index contributed by atoms with van der Waals surface area (Å²) >= 11 is 3.36. The molecule has 0 aliphatic heterocycles. The molecule has 0 saturated carbocycles. The summed E-state index contributed by atoms with van der Waals surface area (Å²) in [6, 6.07) is 7.75. The van der Waals surface area contributed by atoms with Gasteiger partial charge in [-0.05, 0) is 30.7 Å². The molecule has 0 fully saturated rings. The highest BCUT2D eigenvalue weighted by Crippen LogP contribution is 2.18. The third-order valence-corrected chi connectivity index (χ3v) is 2.67. The molecular weight excluding hydrogens is 254 g/mol. The summed E-state index contributed by atoms with van der Waals surface area (Å²) in [5.74, 6) is 0. The van der Waals surface area contributed by atoms with Crippen LogP contribution in [0.25, 0.3) is 0 Å². The summed E-state index contributed by atoms with van der Waals surface area (Å²) in [5, 5.41) is 13.0. The lowest BCUT2D eigenvalue weighted by atomic mass is 10.1. The summed E-state index contributed by atoms with van der Waals surface area (Å²) in [6.45, 7) is 5.19. The van der Waals surface area contributed by atoms with Crippen LogP contribution in [0.4, 0.5) is 0 Å². The van der Waals surface area contributed by atoms with Crippen molar-refractivity contribution in [1.29, 1.82) is 0 Å². The third kappa shape index (κ3) is 4.60. The average molecular weight is 270 g/mol. The summed E-state index contributed by atoms with van der Waals surface area (Å²) in [7, 11) is 0. The van der Waals surface area contributed by atoms with Crippen LogP contribution in [0.5, 0.6) is 0 Å². The molecule has 0 aromatic heterocycles. The first-order valence-corrected chi connectivity index (χ1v) is 5.78. The van der Waals surface area contributed by atoms with E-state index in [2.05, 4.69) is 27.8 Å². The van der Waals surface area contributed by atoms with Gasteiger partial charge in [-0.15, -0.1) is 6.58 Å². The quantitative estimate of drug-likeness (QED) is 0.615. The lowest BCUT2D eigenvalue weighted by Gasteiger charge is -2.11. The lowest BCUT2D eigenvalue weighted by molar-refractivity contribution is 0.167. The predicted octanol–water partition coefficient (Wildman–Crippen LogP) is 2.65. The highest BCUT2D eigenvalue weighted by atomic mass is 79.9. The topological polar surface area (TPSA) is 32.3 Å². The number of benzene rings is 1. The molecule has 1 rings (SSSR count). The highest BCUT2D eigenvalue weighted by Gasteiger charge is 2.05. The van der Waals surface area contributed by atoms with E-state index in [0.29, 0.717) is 0 Å². The van der Waals surface area contributed by atoms with Gasteiger partial charge in [0.2, 0.25) is 0 Å². The van der Waals surface area contributed by atoms with Gasteiger partial charge in [0, 0.05) is 11.0 Å². The number of aliphatic hydroxyl groups is 1. The van der Waals surface area contributed by atoms with Gasteiger partial charge < -0.3 is 10.4 Å². The van der Waals surface area contributed by atoms with E-state index < -0.39 is 6.10 Å². The summed E-state index contributed by atoms with van der Waals surface area (Å²) in [6.07, 6.45) is 2.14. The van der Waals surface area contributed by atoms with Gasteiger partial charge in [-0.3, -0.25) is 0 Å². The van der Waals surface area contributed by atoms with Crippen molar-refractivity contribution >= 4 is 15.9 Å². The maximum Gasteiger partial charge on any atom is 0.0802 e. The van der Waals surface area contributed by atoms with Gasteiger partial charge in [0.05, 0.1) is 6.10 Å². The molecule has 0 amide bonds. The van der Waals surface area contributed by atoms with Crippen molar-refractivity contribution in [2.24, 2.45) is 0 Å². The van der Waals surface area contributed by atoms with Crippen LogP contribution in [0.15, 0.2) is 41.4 Å². The highest BCUT2D eigenvalue weighted by molar-refractivity contribution is 9.10. The number of hydrogen-bond acceptors (Lipinski definition) is 2. The molecular formula is C12H16BrNO. The van der Waals surface area contributed by atoms with Crippen LogP contribution in [-0.2, 0) is 0 Å². The molecule has 0 radical (unpaired) electrons. The zero-order chi connectivity index (χ0) is 11.1. The van der Waals surface area contributed by atoms with Gasteiger partial charge in [-0.2, -0.15) is 0 Å². The van der Waals surface area contributed by atoms with Crippen molar-refractivity contribution < 1.29 is 5.11 Å². The first-order chi connectivity index (χ1) is 7.24. The fourth-order valence-electron chi connectivity index (χ4n) is 1.29. The predicted molar refractivity (Wildman–Crippen MR) is 66.8 cm³/mol. The smallest absolute Gasteiger partial charge is 0.0802 e. The van der Waals surface area contributed by atoms with E-state index in [-0.39, 0.29) is 0 Å². The molecule has 1 aromatic rings. The van der Waals surface area contributed by atoms with E-state index in [4.69, 9.17) is 0 Å². The standard InChI is InChI=1S/C12H16BrNO/c1-2-8-14-9-7-12(15)10-3-5-11(13)6-4-10/h2-6,12,14-15H,1,7-9H2.